The molecular formula is C25H30N2O3S. The number of ether oxygens (including phenoxy) is 2. The zero-order valence-corrected chi connectivity index (χ0v) is 19.1. The molecule has 0 N–H and O–H groups in total. The first-order valence-electron chi connectivity index (χ1n) is 11.0. The van der Waals surface area contributed by atoms with Crippen LogP contribution in [0.5, 0.6) is 11.5 Å². The third-order valence-electron chi connectivity index (χ3n) is 6.08. The topological polar surface area (TPSA) is 51.1 Å². The van der Waals surface area contributed by atoms with Crippen LogP contribution in [0, 0.1) is 0 Å². The normalized spacial score (nSPS) is 19.2. The number of carbonyl (C=O) groups excluding carboxylic acids is 1. The number of methoxy groups -OCH3 is 2. The van der Waals surface area contributed by atoms with Crippen molar-refractivity contribution in [1.29, 1.82) is 0 Å². The highest BCUT2D eigenvalue weighted by atomic mass is 32.2. The Balaban J connectivity index is 1.53. The van der Waals surface area contributed by atoms with Gasteiger partial charge >= 0.3 is 0 Å². The number of rotatable bonds is 7. The zero-order valence-electron chi connectivity index (χ0n) is 18.3. The first kappa shape index (κ1) is 21.8. The van der Waals surface area contributed by atoms with E-state index < -0.39 is 0 Å². The van der Waals surface area contributed by atoms with Crippen molar-refractivity contribution in [2.24, 2.45) is 5.10 Å². The van der Waals surface area contributed by atoms with Gasteiger partial charge in [0.05, 0.1) is 31.7 Å². The number of hydrazone groups is 1. The van der Waals surface area contributed by atoms with Crippen molar-refractivity contribution in [2.45, 2.75) is 49.8 Å². The van der Waals surface area contributed by atoms with Gasteiger partial charge in [-0.3, -0.25) is 4.79 Å². The predicted molar refractivity (Wildman–Crippen MR) is 126 cm³/mol. The maximum Gasteiger partial charge on any atom is 0.253 e. The maximum absolute atomic E-state index is 13.2. The molecule has 1 fully saturated rings. The summed E-state index contributed by atoms with van der Waals surface area (Å²) in [5.41, 5.74) is 3.03. The van der Waals surface area contributed by atoms with Gasteiger partial charge in [-0.1, -0.05) is 31.4 Å². The Morgan fingerprint density at radius 2 is 1.58 bits per heavy atom. The highest BCUT2D eigenvalue weighted by Gasteiger charge is 2.33. The molecule has 1 saturated carbocycles. The van der Waals surface area contributed by atoms with Crippen LogP contribution in [-0.4, -0.2) is 41.9 Å². The van der Waals surface area contributed by atoms with Crippen LogP contribution in [0.4, 0.5) is 0 Å². The number of benzene rings is 2. The van der Waals surface area contributed by atoms with E-state index in [-0.39, 0.29) is 11.9 Å². The number of hydrogen-bond acceptors (Lipinski definition) is 5. The second-order valence-corrected chi connectivity index (χ2v) is 9.37. The van der Waals surface area contributed by atoms with Crippen molar-refractivity contribution in [3.63, 3.8) is 0 Å². The van der Waals surface area contributed by atoms with Crippen LogP contribution in [0.25, 0.3) is 0 Å². The maximum atomic E-state index is 13.2. The van der Waals surface area contributed by atoms with Crippen LogP contribution >= 0.6 is 11.8 Å². The van der Waals surface area contributed by atoms with Gasteiger partial charge in [-0.25, -0.2) is 5.01 Å². The molecule has 2 aromatic rings. The summed E-state index contributed by atoms with van der Waals surface area (Å²) in [5.74, 6) is 2.19. The van der Waals surface area contributed by atoms with E-state index in [1.165, 1.54) is 32.1 Å². The first-order valence-corrected chi connectivity index (χ1v) is 12.0. The lowest BCUT2D eigenvalue weighted by molar-refractivity contribution is -0.130. The minimum Gasteiger partial charge on any atom is -0.497 e. The second-order valence-electron chi connectivity index (χ2n) is 8.08. The molecule has 6 heteroatoms. The average molecular weight is 439 g/mol. The van der Waals surface area contributed by atoms with E-state index in [1.807, 2.05) is 48.5 Å². The Hall–Kier alpha value is -2.47. The molecule has 1 aliphatic heterocycles. The van der Waals surface area contributed by atoms with Crippen LogP contribution in [0.1, 0.15) is 55.7 Å². The van der Waals surface area contributed by atoms with Crippen molar-refractivity contribution in [3.8, 4) is 11.5 Å². The molecule has 5 nitrogen and oxygen atoms in total. The van der Waals surface area contributed by atoms with E-state index in [0.717, 1.165) is 28.3 Å². The van der Waals surface area contributed by atoms with Gasteiger partial charge in [0.25, 0.3) is 5.91 Å². The highest BCUT2D eigenvalue weighted by molar-refractivity contribution is 8.00. The molecule has 1 amide bonds. The largest absolute Gasteiger partial charge is 0.497 e. The Morgan fingerprint density at radius 1 is 0.968 bits per heavy atom. The highest BCUT2D eigenvalue weighted by Crippen LogP contribution is 2.35. The Bertz CT molecular complexity index is 905. The molecule has 0 saturated heterocycles. The standard InChI is InChI=1S/C25H30N2O3S/c1-29-20-12-8-18(9-13-20)23-16-24(19-10-14-21(30-2)15-11-19)27(26-23)25(28)17-31-22-6-4-3-5-7-22/h8-15,22,24H,3-7,16-17H2,1-2H3/t24-/m1/s1. The molecule has 1 aliphatic carbocycles. The molecular weight excluding hydrogens is 408 g/mol. The third kappa shape index (κ3) is 5.24. The van der Waals surface area contributed by atoms with E-state index in [9.17, 15) is 4.79 Å². The first-order chi connectivity index (χ1) is 15.2. The van der Waals surface area contributed by atoms with Gasteiger partial charge in [-0.15, -0.1) is 11.8 Å². The number of amides is 1. The summed E-state index contributed by atoms with van der Waals surface area (Å²) < 4.78 is 10.6. The van der Waals surface area contributed by atoms with Gasteiger partial charge in [-0.2, -0.15) is 5.10 Å². The summed E-state index contributed by atoms with van der Waals surface area (Å²) >= 11 is 1.80. The molecule has 2 aliphatic rings. The second kappa shape index (κ2) is 10.2. The van der Waals surface area contributed by atoms with Crippen molar-refractivity contribution >= 4 is 23.4 Å². The average Bonchev–Trinajstić information content (AvgIpc) is 3.29. The summed E-state index contributed by atoms with van der Waals surface area (Å²) in [6.45, 7) is 0. The summed E-state index contributed by atoms with van der Waals surface area (Å²) in [4.78, 5) is 13.2. The fraction of sp³-hybridized carbons (Fsp3) is 0.440. The lowest BCUT2D eigenvalue weighted by atomic mass is 9.98. The summed E-state index contributed by atoms with van der Waals surface area (Å²) in [7, 11) is 3.32. The van der Waals surface area contributed by atoms with E-state index in [0.29, 0.717) is 17.4 Å². The van der Waals surface area contributed by atoms with Gasteiger partial charge in [0.1, 0.15) is 11.5 Å². The Morgan fingerprint density at radius 3 is 2.19 bits per heavy atom. The quantitative estimate of drug-likeness (QED) is 0.577. The number of hydrogen-bond donors (Lipinski definition) is 0. The molecule has 31 heavy (non-hydrogen) atoms. The SMILES string of the molecule is COc1ccc(C2=NN(C(=O)CSC3CCCCC3)[C@@H](c3ccc(OC)cc3)C2)cc1. The van der Waals surface area contributed by atoms with Gasteiger partial charge in [-0.05, 0) is 60.4 Å². The Labute approximate surface area is 188 Å². The molecule has 1 heterocycles. The molecule has 0 bridgehead atoms. The molecule has 0 radical (unpaired) electrons. The lowest BCUT2D eigenvalue weighted by Gasteiger charge is -2.24. The van der Waals surface area contributed by atoms with E-state index in [1.54, 1.807) is 31.0 Å². The van der Waals surface area contributed by atoms with Crippen LogP contribution < -0.4 is 9.47 Å². The van der Waals surface area contributed by atoms with Gasteiger partial charge in [0.15, 0.2) is 0 Å². The van der Waals surface area contributed by atoms with Crippen LogP contribution in [0.15, 0.2) is 53.6 Å². The molecule has 1 atom stereocenters. The minimum absolute atomic E-state index is 0.0832. The smallest absolute Gasteiger partial charge is 0.253 e. The summed E-state index contributed by atoms with van der Waals surface area (Å²) in [6, 6.07) is 15.7. The molecule has 0 aromatic heterocycles. The molecule has 0 spiro atoms. The third-order valence-corrected chi connectivity index (χ3v) is 7.44. The fourth-order valence-corrected chi connectivity index (χ4v) is 5.45. The number of thioether (sulfide) groups is 1. The van der Waals surface area contributed by atoms with Crippen LogP contribution in [-0.2, 0) is 4.79 Å². The van der Waals surface area contributed by atoms with Crippen LogP contribution in [0.2, 0.25) is 0 Å². The lowest BCUT2D eigenvalue weighted by Crippen LogP contribution is -2.29. The van der Waals surface area contributed by atoms with Crippen LogP contribution in [0.3, 0.4) is 0 Å². The van der Waals surface area contributed by atoms with Crippen molar-refractivity contribution < 1.29 is 14.3 Å². The molecule has 0 unspecified atom stereocenters. The minimum atomic E-state index is -0.0949. The number of carbonyl (C=O) groups is 1. The van der Waals surface area contributed by atoms with Gasteiger partial charge < -0.3 is 9.47 Å². The van der Waals surface area contributed by atoms with E-state index >= 15 is 0 Å². The Kier molecular flexibility index (Phi) is 7.17. The van der Waals surface area contributed by atoms with E-state index in [4.69, 9.17) is 14.6 Å². The zero-order chi connectivity index (χ0) is 21.6. The van der Waals surface area contributed by atoms with Crippen molar-refractivity contribution in [3.05, 3.63) is 59.7 Å². The van der Waals surface area contributed by atoms with Crippen molar-refractivity contribution in [1.82, 2.24) is 5.01 Å². The number of nitrogens with zero attached hydrogens (tertiary/aromatic N) is 2. The van der Waals surface area contributed by atoms with Crippen molar-refractivity contribution in [2.75, 3.05) is 20.0 Å². The molecule has 4 rings (SSSR count). The summed E-state index contributed by atoms with van der Waals surface area (Å²) in [6.07, 6.45) is 7.03. The van der Waals surface area contributed by atoms with Gasteiger partial charge in [0.2, 0.25) is 0 Å². The summed E-state index contributed by atoms with van der Waals surface area (Å²) in [5, 5.41) is 7.10. The molecule has 2 aromatic carbocycles. The molecule has 164 valence electrons. The monoisotopic (exact) mass is 438 g/mol. The van der Waals surface area contributed by atoms with E-state index in [2.05, 4.69) is 0 Å². The fourth-order valence-electron chi connectivity index (χ4n) is 4.27. The predicted octanol–water partition coefficient (Wildman–Crippen LogP) is 5.45. The van der Waals surface area contributed by atoms with Gasteiger partial charge in [0, 0.05) is 11.7 Å².